The molecule has 1 amide bonds. The summed E-state index contributed by atoms with van der Waals surface area (Å²) in [5, 5.41) is 2.86. The summed E-state index contributed by atoms with van der Waals surface area (Å²) in [7, 11) is -7.23. The number of para-hydroxylation sites is 1. The van der Waals surface area contributed by atoms with Crippen LogP contribution in [0.4, 0.5) is 5.69 Å². The van der Waals surface area contributed by atoms with Gasteiger partial charge in [0.05, 0.1) is 28.7 Å². The quantitative estimate of drug-likeness (QED) is 0.414. The maximum Gasteiger partial charge on any atom is 0.264 e. The van der Waals surface area contributed by atoms with Gasteiger partial charge in [-0.2, -0.15) is 4.31 Å². The van der Waals surface area contributed by atoms with Crippen molar-refractivity contribution in [2.45, 2.75) is 42.0 Å². The number of amides is 1. The van der Waals surface area contributed by atoms with Gasteiger partial charge < -0.3 is 10.1 Å². The summed E-state index contributed by atoms with van der Waals surface area (Å²) in [6.07, 6.45) is 2.36. The van der Waals surface area contributed by atoms with E-state index in [9.17, 15) is 21.6 Å². The summed E-state index contributed by atoms with van der Waals surface area (Å²) in [6.45, 7) is 2.19. The minimum atomic E-state index is -3.67. The molecule has 2 aliphatic rings. The van der Waals surface area contributed by atoms with Gasteiger partial charge in [0.1, 0.15) is 0 Å². The normalized spacial score (nSPS) is 16.4. The highest BCUT2D eigenvalue weighted by Crippen LogP contribution is 2.31. The van der Waals surface area contributed by atoms with Gasteiger partial charge in [0.2, 0.25) is 15.9 Å². The van der Waals surface area contributed by atoms with Crippen LogP contribution in [0.5, 0.6) is 0 Å². The average Bonchev–Trinajstić information content (AvgIpc) is 2.99. The van der Waals surface area contributed by atoms with Gasteiger partial charge in [0.25, 0.3) is 10.0 Å². The van der Waals surface area contributed by atoms with E-state index in [1.165, 1.54) is 8.61 Å². The van der Waals surface area contributed by atoms with Crippen molar-refractivity contribution < 1.29 is 26.4 Å². The number of hydrogen-bond acceptors (Lipinski definition) is 6. The Morgan fingerprint density at radius 1 is 0.775 bits per heavy atom. The Bertz CT molecular complexity index is 1550. The van der Waals surface area contributed by atoms with Crippen LogP contribution >= 0.6 is 0 Å². The second-order valence-corrected chi connectivity index (χ2v) is 13.7. The van der Waals surface area contributed by atoms with Gasteiger partial charge in [-0.25, -0.2) is 16.8 Å². The molecule has 2 aliphatic heterocycles. The molecule has 0 unspecified atom stereocenters. The van der Waals surface area contributed by atoms with E-state index in [2.05, 4.69) is 5.32 Å². The van der Waals surface area contributed by atoms with Gasteiger partial charge in [-0.15, -0.1) is 0 Å². The molecule has 2 heterocycles. The van der Waals surface area contributed by atoms with Gasteiger partial charge in [0.15, 0.2) is 0 Å². The van der Waals surface area contributed by atoms with Crippen molar-refractivity contribution in [2.24, 2.45) is 0 Å². The first-order valence-electron chi connectivity index (χ1n) is 13.4. The van der Waals surface area contributed by atoms with E-state index in [-0.39, 0.29) is 28.7 Å². The summed E-state index contributed by atoms with van der Waals surface area (Å²) in [5.74, 6) is -0.147. The highest BCUT2D eigenvalue weighted by molar-refractivity contribution is 7.92. The molecule has 3 aromatic carbocycles. The Morgan fingerprint density at radius 3 is 2.10 bits per heavy atom. The number of anilines is 1. The zero-order chi connectivity index (χ0) is 28.2. The minimum Gasteiger partial charge on any atom is -0.379 e. The average molecular weight is 584 g/mol. The summed E-state index contributed by atoms with van der Waals surface area (Å²) in [4.78, 5) is 12.9. The van der Waals surface area contributed by atoms with Gasteiger partial charge in [-0.3, -0.25) is 9.10 Å². The Morgan fingerprint density at radius 2 is 1.40 bits per heavy atom. The van der Waals surface area contributed by atoms with Crippen LogP contribution in [0, 0.1) is 0 Å². The van der Waals surface area contributed by atoms with Crippen molar-refractivity contribution in [1.82, 2.24) is 9.62 Å². The predicted octanol–water partition coefficient (Wildman–Crippen LogP) is 3.10. The number of aryl methyl sites for hydroxylation is 2. The lowest BCUT2D eigenvalue weighted by Crippen LogP contribution is -2.40. The van der Waals surface area contributed by atoms with Crippen LogP contribution in [0.3, 0.4) is 0 Å². The molecule has 5 rings (SSSR count). The second kappa shape index (κ2) is 12.1. The molecule has 0 aliphatic carbocycles. The zero-order valence-electron chi connectivity index (χ0n) is 22.2. The predicted molar refractivity (Wildman–Crippen MR) is 152 cm³/mol. The molecular formula is C29H33N3O6S2. The Hall–Kier alpha value is -3.25. The van der Waals surface area contributed by atoms with Crippen LogP contribution in [0.25, 0.3) is 0 Å². The fraction of sp³-hybridized carbons (Fsp3) is 0.345. The van der Waals surface area contributed by atoms with E-state index >= 15 is 0 Å². The third-order valence-electron chi connectivity index (χ3n) is 7.24. The number of carbonyl (C=O) groups is 1. The summed E-state index contributed by atoms with van der Waals surface area (Å²) in [5.41, 5.74) is 3.44. The SMILES string of the molecule is O=C(CCc1ccc(S(=O)(=O)N2CCCc3ccccc32)cc1)NCc1ccc(S(=O)(=O)N2CCOCC2)cc1. The van der Waals surface area contributed by atoms with Crippen LogP contribution in [0.15, 0.2) is 82.6 Å². The molecule has 0 atom stereocenters. The number of benzene rings is 3. The summed E-state index contributed by atoms with van der Waals surface area (Å²) >= 11 is 0. The number of fused-ring (bicyclic) bond motifs is 1. The molecule has 11 heteroatoms. The minimum absolute atomic E-state index is 0.147. The number of morpholine rings is 1. The van der Waals surface area contributed by atoms with Gasteiger partial charge in [-0.05, 0) is 66.3 Å². The molecule has 9 nitrogen and oxygen atoms in total. The molecule has 212 valence electrons. The van der Waals surface area contributed by atoms with Gasteiger partial charge >= 0.3 is 0 Å². The molecule has 0 aromatic heterocycles. The Kier molecular flexibility index (Phi) is 8.55. The molecule has 1 fully saturated rings. The molecule has 0 bridgehead atoms. The van der Waals surface area contributed by atoms with Crippen LogP contribution in [0.1, 0.15) is 29.5 Å². The highest BCUT2D eigenvalue weighted by atomic mass is 32.2. The molecule has 1 saturated heterocycles. The number of nitrogens with one attached hydrogen (secondary N) is 1. The molecule has 40 heavy (non-hydrogen) atoms. The number of sulfonamides is 2. The van der Waals surface area contributed by atoms with Crippen LogP contribution in [-0.2, 0) is 49.0 Å². The molecule has 1 N–H and O–H groups in total. The maximum absolute atomic E-state index is 13.3. The topological polar surface area (TPSA) is 113 Å². The number of carbonyl (C=O) groups excluding carboxylic acids is 1. The largest absolute Gasteiger partial charge is 0.379 e. The first kappa shape index (κ1) is 28.3. The van der Waals surface area contributed by atoms with E-state index in [1.807, 2.05) is 24.3 Å². The third kappa shape index (κ3) is 6.22. The van der Waals surface area contributed by atoms with Crippen molar-refractivity contribution in [3.05, 3.63) is 89.5 Å². The van der Waals surface area contributed by atoms with Gasteiger partial charge in [-0.1, -0.05) is 42.5 Å². The van der Waals surface area contributed by atoms with Crippen molar-refractivity contribution in [1.29, 1.82) is 0 Å². The van der Waals surface area contributed by atoms with Crippen LogP contribution < -0.4 is 9.62 Å². The Labute approximate surface area is 235 Å². The Balaban J connectivity index is 1.13. The van der Waals surface area contributed by atoms with Crippen LogP contribution in [0.2, 0.25) is 0 Å². The fourth-order valence-corrected chi connectivity index (χ4v) is 7.92. The fourth-order valence-electron chi connectivity index (χ4n) is 4.97. The second-order valence-electron chi connectivity index (χ2n) is 9.89. The lowest BCUT2D eigenvalue weighted by molar-refractivity contribution is -0.121. The van der Waals surface area contributed by atoms with Crippen molar-refractivity contribution >= 4 is 31.6 Å². The third-order valence-corrected chi connectivity index (χ3v) is 11.0. The molecule has 0 spiro atoms. The van der Waals surface area contributed by atoms with Crippen molar-refractivity contribution in [3.8, 4) is 0 Å². The number of rotatable bonds is 9. The molecule has 0 saturated carbocycles. The maximum atomic E-state index is 13.3. The summed E-state index contributed by atoms with van der Waals surface area (Å²) < 4.78 is 60.3. The highest BCUT2D eigenvalue weighted by Gasteiger charge is 2.29. The molecule has 0 radical (unpaired) electrons. The van der Waals surface area contributed by atoms with E-state index in [0.717, 1.165) is 35.2 Å². The van der Waals surface area contributed by atoms with E-state index in [0.29, 0.717) is 39.3 Å². The van der Waals surface area contributed by atoms with E-state index in [4.69, 9.17) is 4.74 Å². The number of ether oxygens (including phenoxy) is 1. The lowest BCUT2D eigenvalue weighted by atomic mass is 10.0. The molecular weight excluding hydrogens is 550 g/mol. The zero-order valence-corrected chi connectivity index (χ0v) is 23.8. The summed E-state index contributed by atoms with van der Waals surface area (Å²) in [6, 6.07) is 20.8. The lowest BCUT2D eigenvalue weighted by Gasteiger charge is -2.30. The first-order valence-corrected chi connectivity index (χ1v) is 16.3. The van der Waals surface area contributed by atoms with Crippen molar-refractivity contribution in [3.63, 3.8) is 0 Å². The smallest absolute Gasteiger partial charge is 0.264 e. The van der Waals surface area contributed by atoms with E-state index in [1.54, 1.807) is 48.5 Å². The van der Waals surface area contributed by atoms with Crippen LogP contribution in [-0.4, -0.2) is 59.9 Å². The monoisotopic (exact) mass is 583 g/mol. The van der Waals surface area contributed by atoms with Crippen molar-refractivity contribution in [2.75, 3.05) is 37.2 Å². The van der Waals surface area contributed by atoms with Gasteiger partial charge in [0, 0.05) is 32.6 Å². The standard InChI is InChI=1S/C29H33N3O6S2/c33-29(30-22-24-9-14-26(15-10-24)39(34,35)31-18-20-38-21-19-31)16-11-23-7-12-27(13-8-23)40(36,37)32-17-3-5-25-4-1-2-6-28(25)32/h1-2,4,6-10,12-15H,3,5,11,16-22H2,(H,30,33). The number of hydrogen-bond donors (Lipinski definition) is 1. The molecule has 3 aromatic rings. The number of nitrogens with zero attached hydrogens (tertiary/aromatic N) is 2. The van der Waals surface area contributed by atoms with E-state index < -0.39 is 20.0 Å². The first-order chi connectivity index (χ1) is 19.2.